The predicted octanol–water partition coefficient (Wildman–Crippen LogP) is 11.4. The molecule has 0 radical (unpaired) electrons. The van der Waals surface area contributed by atoms with Crippen LogP contribution in [0.15, 0.2) is 150 Å². The summed E-state index contributed by atoms with van der Waals surface area (Å²) in [4.78, 5) is 10.6. The molecule has 0 amide bonds. The molecule has 7 aromatic carbocycles. The Morgan fingerprint density at radius 1 is 0.449 bits per heavy atom. The van der Waals surface area contributed by atoms with Crippen molar-refractivity contribution in [2.24, 2.45) is 0 Å². The molecule has 0 aliphatic heterocycles. The van der Waals surface area contributed by atoms with Crippen LogP contribution in [0.5, 0.6) is 0 Å². The van der Waals surface area contributed by atoms with Crippen LogP contribution in [0.4, 0.5) is 0 Å². The van der Waals surface area contributed by atoms with Crippen molar-refractivity contribution in [3.8, 4) is 17.2 Å². The van der Waals surface area contributed by atoms with Gasteiger partial charge in [0.2, 0.25) is 5.71 Å². The van der Waals surface area contributed by atoms with E-state index in [1.165, 1.54) is 54.3 Å². The maximum Gasteiger partial charge on any atom is 0.233 e. The van der Waals surface area contributed by atoms with Gasteiger partial charge in [0.1, 0.15) is 5.58 Å². The molecule has 5 aromatic heterocycles. The Morgan fingerprint density at radius 3 is 1.94 bits per heavy atom. The van der Waals surface area contributed by atoms with E-state index in [0.29, 0.717) is 11.5 Å². The van der Waals surface area contributed by atoms with E-state index in [1.807, 2.05) is 12.1 Å². The molecule has 0 saturated heterocycles. The number of rotatable bonds is 2. The molecule has 0 N–H and O–H groups in total. The van der Waals surface area contributed by atoms with E-state index >= 15 is 0 Å². The summed E-state index contributed by atoms with van der Waals surface area (Å²) in [6.45, 7) is 0. The first-order valence-corrected chi connectivity index (χ1v) is 16.6. The minimum Gasteiger partial charge on any atom is -0.437 e. The van der Waals surface area contributed by atoms with E-state index in [2.05, 4.69) is 142 Å². The second kappa shape index (κ2) is 9.00. The summed E-state index contributed by atoms with van der Waals surface area (Å²) in [5.41, 5.74) is 8.22. The molecule has 12 aromatic rings. The second-order valence-corrected chi connectivity index (χ2v) is 13.0. The highest BCUT2D eigenvalue weighted by Crippen LogP contribution is 2.47. The van der Waals surface area contributed by atoms with Crippen LogP contribution >= 0.6 is 0 Å². The number of para-hydroxylation sites is 4. The highest BCUT2D eigenvalue weighted by atomic mass is 16.3. The molecule has 5 heterocycles. The van der Waals surface area contributed by atoms with Crippen LogP contribution in [0.1, 0.15) is 0 Å². The lowest BCUT2D eigenvalue weighted by Crippen LogP contribution is -2.02. The highest BCUT2D eigenvalue weighted by Gasteiger charge is 2.26. The van der Waals surface area contributed by atoms with Crippen LogP contribution in [0.2, 0.25) is 0 Å². The van der Waals surface area contributed by atoms with Gasteiger partial charge in [-0.3, -0.25) is 4.57 Å². The minimum absolute atomic E-state index is 0.577. The van der Waals surface area contributed by atoms with Gasteiger partial charge in [-0.2, -0.15) is 4.98 Å². The topological polar surface area (TPSA) is 48.3 Å². The lowest BCUT2D eigenvalue weighted by molar-refractivity contribution is 0.653. The van der Waals surface area contributed by atoms with Gasteiger partial charge < -0.3 is 8.82 Å². The zero-order chi connectivity index (χ0) is 31.8. The summed E-state index contributed by atoms with van der Waals surface area (Å²) in [6, 6.07) is 51.7. The summed E-state index contributed by atoms with van der Waals surface area (Å²) >= 11 is 0. The summed E-state index contributed by atoms with van der Waals surface area (Å²) in [7, 11) is 0. The van der Waals surface area contributed by atoms with E-state index in [4.69, 9.17) is 14.4 Å². The summed E-state index contributed by atoms with van der Waals surface area (Å²) < 4.78 is 11.3. The quantitative estimate of drug-likeness (QED) is 0.192. The summed E-state index contributed by atoms with van der Waals surface area (Å²) in [5, 5.41) is 11.6. The first-order chi connectivity index (χ1) is 24.3. The molecule has 0 bridgehead atoms. The van der Waals surface area contributed by atoms with Crippen LogP contribution in [0.3, 0.4) is 0 Å². The van der Waals surface area contributed by atoms with Crippen molar-refractivity contribution in [1.29, 1.82) is 0 Å². The first-order valence-electron chi connectivity index (χ1n) is 16.6. The average Bonchev–Trinajstić information content (AvgIpc) is 3.89. The fraction of sp³-hybridized carbons (Fsp3) is 0. The average molecular weight is 625 g/mol. The lowest BCUT2D eigenvalue weighted by Gasteiger charge is -2.11. The Morgan fingerprint density at radius 2 is 1.10 bits per heavy atom. The number of hydrogen-bond donors (Lipinski definition) is 0. The normalized spacial score (nSPS) is 12.5. The third-order valence-electron chi connectivity index (χ3n) is 10.4. The molecular weight excluding hydrogens is 601 g/mol. The fourth-order valence-corrected chi connectivity index (χ4v) is 8.42. The van der Waals surface area contributed by atoms with Gasteiger partial charge in [0.15, 0.2) is 11.6 Å². The SMILES string of the molecule is c1ccc2cc(-c3nc(-n4c5ccccc5c5c6c7ccccc7n7c8ccccc8c(cc54)c67)c4c(n3)oc3ccccc34)ccc2c1. The van der Waals surface area contributed by atoms with Crippen LogP contribution in [-0.4, -0.2) is 18.9 Å². The van der Waals surface area contributed by atoms with Crippen molar-refractivity contribution in [2.75, 3.05) is 0 Å². The zero-order valence-electron chi connectivity index (χ0n) is 26.1. The van der Waals surface area contributed by atoms with Gasteiger partial charge in [-0.15, -0.1) is 0 Å². The first kappa shape index (κ1) is 25.4. The molecule has 0 aliphatic carbocycles. The largest absolute Gasteiger partial charge is 0.437 e. The Balaban J connectivity index is 1.31. The van der Waals surface area contributed by atoms with Gasteiger partial charge in [-0.1, -0.05) is 109 Å². The molecule has 49 heavy (non-hydrogen) atoms. The van der Waals surface area contributed by atoms with Gasteiger partial charge in [0, 0.05) is 43.3 Å². The Hall–Kier alpha value is -6.72. The fourth-order valence-electron chi connectivity index (χ4n) is 8.42. The monoisotopic (exact) mass is 624 g/mol. The number of nitrogens with zero attached hydrogens (tertiary/aromatic N) is 4. The van der Waals surface area contributed by atoms with Crippen molar-refractivity contribution < 1.29 is 4.42 Å². The van der Waals surface area contributed by atoms with Crippen molar-refractivity contribution in [3.63, 3.8) is 0 Å². The van der Waals surface area contributed by atoms with Crippen molar-refractivity contribution in [2.45, 2.75) is 0 Å². The third kappa shape index (κ3) is 3.19. The van der Waals surface area contributed by atoms with Gasteiger partial charge in [0.05, 0.1) is 33.0 Å². The van der Waals surface area contributed by atoms with E-state index < -0.39 is 0 Å². The predicted molar refractivity (Wildman–Crippen MR) is 201 cm³/mol. The lowest BCUT2D eigenvalue weighted by atomic mass is 10.0. The van der Waals surface area contributed by atoms with Gasteiger partial charge in [-0.25, -0.2) is 4.98 Å². The van der Waals surface area contributed by atoms with Crippen molar-refractivity contribution in [3.05, 3.63) is 146 Å². The molecule has 0 aliphatic rings. The molecule has 0 atom stereocenters. The van der Waals surface area contributed by atoms with E-state index in [0.717, 1.165) is 44.2 Å². The molecule has 5 nitrogen and oxygen atoms in total. The van der Waals surface area contributed by atoms with Crippen LogP contribution in [0, 0.1) is 0 Å². The zero-order valence-corrected chi connectivity index (χ0v) is 26.1. The van der Waals surface area contributed by atoms with Gasteiger partial charge in [0.25, 0.3) is 0 Å². The van der Waals surface area contributed by atoms with E-state index in [-0.39, 0.29) is 0 Å². The summed E-state index contributed by atoms with van der Waals surface area (Å²) in [6.07, 6.45) is 0. The van der Waals surface area contributed by atoms with Crippen molar-refractivity contribution in [1.82, 2.24) is 18.9 Å². The Bertz CT molecular complexity index is 3340. The Kier molecular flexibility index (Phi) is 4.66. The molecule has 0 saturated carbocycles. The standard InChI is InChI=1S/C44H24N4O/c1-2-12-26-23-27(22-21-25(26)11-1)42-45-43(40-31-16-6-10-20-37(31)49-44(40)46-42)48-35-19-9-4-14-29(35)38-36(48)24-32-28-13-3-7-17-33(28)47-34-18-8-5-15-30(34)39(38)41(32)47/h1-24H. The number of furan rings is 1. The van der Waals surface area contributed by atoms with Crippen LogP contribution in [0.25, 0.3) is 110 Å². The molecule has 226 valence electrons. The molecule has 0 unspecified atom stereocenters. The van der Waals surface area contributed by atoms with E-state index in [1.54, 1.807) is 0 Å². The number of fused-ring (bicyclic) bond motifs is 14. The molecule has 0 spiro atoms. The molecule has 0 fully saturated rings. The van der Waals surface area contributed by atoms with E-state index in [9.17, 15) is 0 Å². The number of hydrogen-bond acceptors (Lipinski definition) is 3. The molecular formula is C44H24N4O. The molecule has 12 rings (SSSR count). The van der Waals surface area contributed by atoms with Gasteiger partial charge >= 0.3 is 0 Å². The maximum absolute atomic E-state index is 6.51. The van der Waals surface area contributed by atoms with Crippen molar-refractivity contribution >= 4 is 92.7 Å². The van der Waals surface area contributed by atoms with Crippen LogP contribution in [-0.2, 0) is 0 Å². The highest BCUT2D eigenvalue weighted by molar-refractivity contribution is 6.35. The van der Waals surface area contributed by atoms with Crippen LogP contribution < -0.4 is 0 Å². The second-order valence-electron chi connectivity index (χ2n) is 13.0. The molecule has 5 heteroatoms. The number of benzene rings is 7. The summed E-state index contributed by atoms with van der Waals surface area (Å²) in [5.74, 6) is 1.44. The Labute approximate surface area is 278 Å². The maximum atomic E-state index is 6.51. The smallest absolute Gasteiger partial charge is 0.233 e. The van der Waals surface area contributed by atoms with Gasteiger partial charge in [-0.05, 0) is 47.2 Å². The third-order valence-corrected chi connectivity index (χ3v) is 10.4. The minimum atomic E-state index is 0.577. The number of aromatic nitrogens is 4.